The van der Waals surface area contributed by atoms with Crippen LogP contribution in [0.15, 0.2) is 53.4 Å². The summed E-state index contributed by atoms with van der Waals surface area (Å²) in [7, 11) is 0. The molecule has 2 amide bonds. The summed E-state index contributed by atoms with van der Waals surface area (Å²) in [6.07, 6.45) is 1.98. The Bertz CT molecular complexity index is 602. The largest absolute Gasteiger partial charge is 0.392 e. The molecule has 0 aliphatic rings. The van der Waals surface area contributed by atoms with Crippen molar-refractivity contribution in [3.63, 3.8) is 0 Å². The number of amides is 2. The molecule has 0 aromatic heterocycles. The van der Waals surface area contributed by atoms with Crippen LogP contribution in [0.1, 0.15) is 5.56 Å². The molecule has 2 rings (SSSR count). The Hall–Kier alpha value is -1.98. The summed E-state index contributed by atoms with van der Waals surface area (Å²) in [4.78, 5) is 13.0. The van der Waals surface area contributed by atoms with E-state index in [0.717, 1.165) is 10.6 Å². The third-order valence-corrected chi connectivity index (χ3v) is 3.49. The summed E-state index contributed by atoms with van der Waals surface area (Å²) < 4.78 is 0. The second kappa shape index (κ2) is 6.98. The van der Waals surface area contributed by atoms with Crippen molar-refractivity contribution >= 4 is 29.2 Å². The number of rotatable bonds is 4. The third kappa shape index (κ3) is 3.76. The lowest BCUT2D eigenvalue weighted by atomic mass is 10.2. The topological polar surface area (TPSA) is 61.4 Å². The van der Waals surface area contributed by atoms with Crippen LogP contribution in [-0.2, 0) is 6.61 Å². The lowest BCUT2D eigenvalue weighted by molar-refractivity contribution is 0.262. The summed E-state index contributed by atoms with van der Waals surface area (Å²) in [6, 6.07) is 14.4. The molecule has 0 saturated heterocycles. The standard InChI is InChI=1S/C15H16N2O2S/c1-20-13-7-4-6-12(9-13)16-15(19)17-14-8-3-2-5-11(14)10-18/h2-9,18H,10H2,1H3,(H2,16,17,19). The number of aliphatic hydroxyl groups excluding tert-OH is 1. The number of nitrogens with one attached hydrogen (secondary N) is 2. The maximum absolute atomic E-state index is 11.9. The molecular weight excluding hydrogens is 272 g/mol. The molecule has 0 spiro atoms. The van der Waals surface area contributed by atoms with Crippen LogP contribution >= 0.6 is 11.8 Å². The molecule has 0 unspecified atom stereocenters. The van der Waals surface area contributed by atoms with Crippen molar-refractivity contribution in [2.24, 2.45) is 0 Å². The maximum atomic E-state index is 11.9. The number of carbonyl (C=O) groups is 1. The fraction of sp³-hybridized carbons (Fsp3) is 0.133. The number of anilines is 2. The van der Waals surface area contributed by atoms with Gasteiger partial charge in [-0.15, -0.1) is 11.8 Å². The highest BCUT2D eigenvalue weighted by Gasteiger charge is 2.06. The minimum Gasteiger partial charge on any atom is -0.392 e. The third-order valence-electron chi connectivity index (χ3n) is 2.76. The fourth-order valence-electron chi connectivity index (χ4n) is 1.77. The van der Waals surface area contributed by atoms with E-state index in [1.165, 1.54) is 0 Å². The van der Waals surface area contributed by atoms with E-state index in [9.17, 15) is 9.90 Å². The van der Waals surface area contributed by atoms with E-state index in [-0.39, 0.29) is 12.6 Å². The van der Waals surface area contributed by atoms with Crippen LogP contribution in [0, 0.1) is 0 Å². The molecule has 0 radical (unpaired) electrons. The Balaban J connectivity index is 2.05. The molecule has 0 saturated carbocycles. The van der Waals surface area contributed by atoms with Gasteiger partial charge in [0.25, 0.3) is 0 Å². The minimum absolute atomic E-state index is 0.113. The average molecular weight is 288 g/mol. The van der Waals surface area contributed by atoms with Gasteiger partial charge in [-0.1, -0.05) is 24.3 Å². The number of thioether (sulfide) groups is 1. The molecule has 104 valence electrons. The molecule has 3 N–H and O–H groups in total. The van der Waals surface area contributed by atoms with Crippen LogP contribution < -0.4 is 10.6 Å². The molecule has 0 bridgehead atoms. The van der Waals surface area contributed by atoms with Crippen LogP contribution in [0.3, 0.4) is 0 Å². The molecule has 4 nitrogen and oxygen atoms in total. The Morgan fingerprint density at radius 3 is 2.70 bits per heavy atom. The highest BCUT2D eigenvalue weighted by Crippen LogP contribution is 2.20. The smallest absolute Gasteiger partial charge is 0.323 e. The lowest BCUT2D eigenvalue weighted by Gasteiger charge is -2.11. The number of hydrogen-bond donors (Lipinski definition) is 3. The zero-order chi connectivity index (χ0) is 14.4. The number of carbonyl (C=O) groups excluding carboxylic acids is 1. The van der Waals surface area contributed by atoms with Crippen molar-refractivity contribution in [2.75, 3.05) is 16.9 Å². The first-order valence-corrected chi connectivity index (χ1v) is 7.36. The van der Waals surface area contributed by atoms with Crippen molar-refractivity contribution in [1.29, 1.82) is 0 Å². The van der Waals surface area contributed by atoms with E-state index in [0.29, 0.717) is 11.3 Å². The summed E-state index contributed by atoms with van der Waals surface area (Å²) in [5.41, 5.74) is 2.02. The SMILES string of the molecule is CSc1cccc(NC(=O)Nc2ccccc2CO)c1. The minimum atomic E-state index is -0.329. The van der Waals surface area contributed by atoms with Gasteiger partial charge in [-0.3, -0.25) is 0 Å². The predicted octanol–water partition coefficient (Wildman–Crippen LogP) is 3.54. The molecular formula is C15H16N2O2S. The second-order valence-corrected chi connectivity index (χ2v) is 5.01. The normalized spacial score (nSPS) is 10.1. The Morgan fingerprint density at radius 2 is 1.95 bits per heavy atom. The number of urea groups is 1. The highest BCUT2D eigenvalue weighted by atomic mass is 32.2. The molecule has 20 heavy (non-hydrogen) atoms. The van der Waals surface area contributed by atoms with E-state index >= 15 is 0 Å². The predicted molar refractivity (Wildman–Crippen MR) is 83.2 cm³/mol. The van der Waals surface area contributed by atoms with Crippen molar-refractivity contribution in [1.82, 2.24) is 0 Å². The number of aliphatic hydroxyl groups is 1. The first-order chi connectivity index (χ1) is 9.72. The van der Waals surface area contributed by atoms with Crippen molar-refractivity contribution in [2.45, 2.75) is 11.5 Å². The first kappa shape index (κ1) is 14.4. The van der Waals surface area contributed by atoms with Crippen molar-refractivity contribution in [3.05, 3.63) is 54.1 Å². The van der Waals surface area contributed by atoms with Gasteiger partial charge in [0, 0.05) is 21.8 Å². The van der Waals surface area contributed by atoms with E-state index in [4.69, 9.17) is 0 Å². The van der Waals surface area contributed by atoms with E-state index in [2.05, 4.69) is 10.6 Å². The first-order valence-electron chi connectivity index (χ1n) is 6.13. The van der Waals surface area contributed by atoms with Crippen molar-refractivity contribution in [3.8, 4) is 0 Å². The van der Waals surface area contributed by atoms with Crippen LogP contribution in [0.4, 0.5) is 16.2 Å². The van der Waals surface area contributed by atoms with Gasteiger partial charge in [0.2, 0.25) is 0 Å². The average Bonchev–Trinajstić information content (AvgIpc) is 2.48. The molecule has 0 fully saturated rings. The van der Waals surface area contributed by atoms with E-state index in [1.807, 2.05) is 42.7 Å². The van der Waals surface area contributed by atoms with Gasteiger partial charge >= 0.3 is 6.03 Å². The number of para-hydroxylation sites is 1. The van der Waals surface area contributed by atoms with Crippen LogP contribution in [0.5, 0.6) is 0 Å². The summed E-state index contributed by atoms with van der Waals surface area (Å²) >= 11 is 1.62. The van der Waals surface area contributed by atoms with Gasteiger partial charge in [0.1, 0.15) is 0 Å². The van der Waals surface area contributed by atoms with Crippen LogP contribution in [-0.4, -0.2) is 17.4 Å². The number of hydrogen-bond acceptors (Lipinski definition) is 3. The lowest BCUT2D eigenvalue weighted by Crippen LogP contribution is -2.20. The second-order valence-electron chi connectivity index (χ2n) is 4.13. The molecule has 0 atom stereocenters. The zero-order valence-electron chi connectivity index (χ0n) is 11.1. The van der Waals surface area contributed by atoms with Gasteiger partial charge in [0.05, 0.1) is 6.61 Å². The molecule has 0 aliphatic carbocycles. The monoisotopic (exact) mass is 288 g/mol. The van der Waals surface area contributed by atoms with Gasteiger partial charge in [-0.25, -0.2) is 4.79 Å². The van der Waals surface area contributed by atoms with Gasteiger partial charge < -0.3 is 15.7 Å². The molecule has 2 aromatic carbocycles. The van der Waals surface area contributed by atoms with Gasteiger partial charge in [0.15, 0.2) is 0 Å². The Kier molecular flexibility index (Phi) is 5.03. The zero-order valence-corrected chi connectivity index (χ0v) is 11.9. The molecule has 0 heterocycles. The van der Waals surface area contributed by atoms with Gasteiger partial charge in [-0.2, -0.15) is 0 Å². The fourth-order valence-corrected chi connectivity index (χ4v) is 2.23. The van der Waals surface area contributed by atoms with Gasteiger partial charge in [-0.05, 0) is 30.5 Å². The maximum Gasteiger partial charge on any atom is 0.323 e. The van der Waals surface area contributed by atoms with E-state index in [1.54, 1.807) is 23.9 Å². The number of benzene rings is 2. The van der Waals surface area contributed by atoms with Crippen molar-refractivity contribution < 1.29 is 9.90 Å². The highest BCUT2D eigenvalue weighted by molar-refractivity contribution is 7.98. The quantitative estimate of drug-likeness (QED) is 0.754. The molecule has 2 aromatic rings. The van der Waals surface area contributed by atoms with Crippen LogP contribution in [0.2, 0.25) is 0 Å². The molecule has 0 aliphatic heterocycles. The summed E-state index contributed by atoms with van der Waals surface area (Å²) in [5.74, 6) is 0. The Labute approximate surface area is 122 Å². The van der Waals surface area contributed by atoms with E-state index < -0.39 is 0 Å². The summed E-state index contributed by atoms with van der Waals surface area (Å²) in [6.45, 7) is -0.113. The van der Waals surface area contributed by atoms with Crippen LogP contribution in [0.25, 0.3) is 0 Å². The summed E-state index contributed by atoms with van der Waals surface area (Å²) in [5, 5.41) is 14.7. The molecule has 5 heteroatoms. The Morgan fingerprint density at radius 1 is 1.15 bits per heavy atom.